The molecule has 0 nitrogen and oxygen atoms in total. The number of hydrogen-bond donors (Lipinski definition) is 1. The molecule has 0 aromatic carbocycles. The Labute approximate surface area is 169 Å². The van der Waals surface area contributed by atoms with Crippen molar-refractivity contribution in [2.75, 3.05) is 5.75 Å². The van der Waals surface area contributed by atoms with E-state index >= 15 is 0 Å². The SMILES string of the molecule is CCCCC(C)(CS)CCC12CC1(C1(CCC)CC1CC)C1(C)CC12C. The van der Waals surface area contributed by atoms with Crippen molar-refractivity contribution in [3.05, 3.63) is 0 Å². The van der Waals surface area contributed by atoms with Crippen LogP contribution in [0.15, 0.2) is 0 Å². The van der Waals surface area contributed by atoms with Crippen LogP contribution in [0, 0.1) is 38.4 Å². The van der Waals surface area contributed by atoms with Crippen LogP contribution in [0.2, 0.25) is 0 Å². The highest BCUT2D eigenvalue weighted by molar-refractivity contribution is 7.80. The molecular weight excluding hydrogens is 332 g/mol. The van der Waals surface area contributed by atoms with Crippen molar-refractivity contribution in [2.24, 2.45) is 38.4 Å². The number of rotatable bonds is 11. The molecule has 26 heavy (non-hydrogen) atoms. The van der Waals surface area contributed by atoms with Crippen LogP contribution in [-0.4, -0.2) is 5.75 Å². The third-order valence-electron chi connectivity index (χ3n) is 11.0. The smallest absolute Gasteiger partial charge is 0.00438 e. The Balaban J connectivity index is 1.55. The summed E-state index contributed by atoms with van der Waals surface area (Å²) in [7, 11) is 0. The van der Waals surface area contributed by atoms with E-state index in [1.165, 1.54) is 57.8 Å². The molecule has 0 amide bonds. The Morgan fingerprint density at radius 2 is 1.69 bits per heavy atom. The summed E-state index contributed by atoms with van der Waals surface area (Å²) in [5.41, 5.74) is 4.03. The quantitative estimate of drug-likeness (QED) is 0.348. The Morgan fingerprint density at radius 1 is 0.962 bits per heavy atom. The van der Waals surface area contributed by atoms with E-state index in [0.717, 1.165) is 22.5 Å². The molecule has 150 valence electrons. The van der Waals surface area contributed by atoms with Gasteiger partial charge in [-0.3, -0.25) is 0 Å². The van der Waals surface area contributed by atoms with Gasteiger partial charge in [-0.25, -0.2) is 0 Å². The molecular formula is C25H44S. The van der Waals surface area contributed by atoms with Gasteiger partial charge in [-0.05, 0) is 89.1 Å². The summed E-state index contributed by atoms with van der Waals surface area (Å²) in [6.07, 6.45) is 16.0. The Hall–Kier alpha value is 0.350. The lowest BCUT2D eigenvalue weighted by molar-refractivity contribution is -0.0694. The minimum absolute atomic E-state index is 0.463. The van der Waals surface area contributed by atoms with Crippen molar-refractivity contribution in [1.82, 2.24) is 0 Å². The van der Waals surface area contributed by atoms with Crippen LogP contribution < -0.4 is 0 Å². The van der Waals surface area contributed by atoms with Gasteiger partial charge in [-0.15, -0.1) is 0 Å². The van der Waals surface area contributed by atoms with Crippen LogP contribution in [0.4, 0.5) is 0 Å². The minimum Gasteiger partial charge on any atom is -0.179 e. The predicted octanol–water partition coefficient (Wildman–Crippen LogP) is 7.92. The molecule has 0 bridgehead atoms. The van der Waals surface area contributed by atoms with E-state index in [9.17, 15) is 0 Å². The predicted molar refractivity (Wildman–Crippen MR) is 117 cm³/mol. The van der Waals surface area contributed by atoms with Crippen molar-refractivity contribution in [2.45, 2.75) is 112 Å². The van der Waals surface area contributed by atoms with Gasteiger partial charge in [0.25, 0.3) is 0 Å². The second-order valence-corrected chi connectivity index (χ2v) is 12.1. The summed E-state index contributed by atoms with van der Waals surface area (Å²) >= 11 is 4.79. The van der Waals surface area contributed by atoms with Crippen LogP contribution in [0.3, 0.4) is 0 Å². The summed E-state index contributed by atoms with van der Waals surface area (Å²) in [6.45, 7) is 15.1. The summed E-state index contributed by atoms with van der Waals surface area (Å²) in [6, 6.07) is 0. The molecule has 0 aromatic heterocycles. The standard InChI is InChI=1S/C25H44S/c1-7-10-12-20(4,18-26)13-14-24-17-25(24,22(6)16-21(22,24)5)23(11-8-2)15-19(23)9-3/h19,26H,7-18H2,1-6H3. The second-order valence-electron chi connectivity index (χ2n) is 11.8. The zero-order chi connectivity index (χ0) is 19.1. The molecule has 0 radical (unpaired) electrons. The maximum atomic E-state index is 4.79. The maximum Gasteiger partial charge on any atom is -0.00438 e. The largest absolute Gasteiger partial charge is 0.179 e. The van der Waals surface area contributed by atoms with Crippen molar-refractivity contribution in [3.8, 4) is 0 Å². The fourth-order valence-corrected chi connectivity index (χ4v) is 9.62. The lowest BCUT2D eigenvalue weighted by atomic mass is 9.50. The minimum atomic E-state index is 0.463. The first-order chi connectivity index (χ1) is 12.2. The fourth-order valence-electron chi connectivity index (χ4n) is 9.30. The lowest BCUT2D eigenvalue weighted by Gasteiger charge is -2.54. The summed E-state index contributed by atoms with van der Waals surface area (Å²) < 4.78 is 0. The molecule has 1 heteroatoms. The molecule has 4 aliphatic rings. The van der Waals surface area contributed by atoms with Crippen LogP contribution in [0.5, 0.6) is 0 Å². The summed E-state index contributed by atoms with van der Waals surface area (Å²) in [4.78, 5) is 0. The molecule has 4 rings (SSSR count). The van der Waals surface area contributed by atoms with E-state index in [4.69, 9.17) is 12.6 Å². The van der Waals surface area contributed by atoms with Crippen LogP contribution in [0.1, 0.15) is 112 Å². The van der Waals surface area contributed by atoms with Gasteiger partial charge in [-0.1, -0.05) is 67.2 Å². The molecule has 0 spiro atoms. The average molecular weight is 377 g/mol. The van der Waals surface area contributed by atoms with E-state index in [-0.39, 0.29) is 0 Å². The number of unbranched alkanes of at least 4 members (excludes halogenated alkanes) is 1. The van der Waals surface area contributed by atoms with E-state index in [0.29, 0.717) is 21.7 Å². The van der Waals surface area contributed by atoms with Crippen molar-refractivity contribution in [1.29, 1.82) is 0 Å². The van der Waals surface area contributed by atoms with Crippen molar-refractivity contribution in [3.63, 3.8) is 0 Å². The first kappa shape index (κ1) is 19.7. The first-order valence-electron chi connectivity index (χ1n) is 11.8. The molecule has 0 N–H and O–H groups in total. The van der Waals surface area contributed by atoms with Crippen LogP contribution >= 0.6 is 12.6 Å². The van der Waals surface area contributed by atoms with Crippen molar-refractivity contribution >= 4 is 12.6 Å². The van der Waals surface area contributed by atoms with E-state index in [2.05, 4.69) is 41.5 Å². The van der Waals surface area contributed by atoms with Gasteiger partial charge < -0.3 is 0 Å². The molecule has 0 saturated heterocycles. The van der Waals surface area contributed by atoms with Crippen molar-refractivity contribution < 1.29 is 0 Å². The topological polar surface area (TPSA) is 0 Å². The fraction of sp³-hybridized carbons (Fsp3) is 1.00. The van der Waals surface area contributed by atoms with Gasteiger partial charge in [0.15, 0.2) is 0 Å². The van der Waals surface area contributed by atoms with Crippen LogP contribution in [-0.2, 0) is 0 Å². The number of hydrogen-bond acceptors (Lipinski definition) is 1. The Bertz CT molecular complexity index is 585. The highest BCUT2D eigenvalue weighted by Gasteiger charge is 3.05. The van der Waals surface area contributed by atoms with E-state index in [1.807, 2.05) is 0 Å². The van der Waals surface area contributed by atoms with Crippen LogP contribution in [0.25, 0.3) is 0 Å². The maximum absolute atomic E-state index is 4.79. The molecule has 7 unspecified atom stereocenters. The molecule has 4 aliphatic carbocycles. The highest BCUT2D eigenvalue weighted by Crippen LogP contribution is 3.11. The molecule has 0 aliphatic heterocycles. The molecule has 0 aromatic rings. The van der Waals surface area contributed by atoms with Gasteiger partial charge in [-0.2, -0.15) is 12.6 Å². The summed E-state index contributed by atoms with van der Waals surface area (Å²) in [5.74, 6) is 2.12. The Kier molecular flexibility index (Phi) is 4.31. The number of thiol groups is 1. The number of fused-ring (bicyclic) bond motifs is 4. The van der Waals surface area contributed by atoms with Gasteiger partial charge in [0, 0.05) is 0 Å². The third-order valence-corrected chi connectivity index (χ3v) is 11.8. The zero-order valence-corrected chi connectivity index (χ0v) is 19.4. The molecule has 0 heterocycles. The van der Waals surface area contributed by atoms with Gasteiger partial charge in [0.1, 0.15) is 0 Å². The lowest BCUT2D eigenvalue weighted by Crippen LogP contribution is -2.49. The zero-order valence-electron chi connectivity index (χ0n) is 18.5. The normalized spacial score (nSPS) is 52.5. The third kappa shape index (κ3) is 1.91. The highest BCUT2D eigenvalue weighted by atomic mass is 32.1. The second kappa shape index (κ2) is 5.70. The summed E-state index contributed by atoms with van der Waals surface area (Å²) in [5, 5.41) is 0. The van der Waals surface area contributed by atoms with Gasteiger partial charge >= 0.3 is 0 Å². The Morgan fingerprint density at radius 3 is 2.23 bits per heavy atom. The average Bonchev–Trinajstić information content (AvgIpc) is 3.54. The van der Waals surface area contributed by atoms with E-state index in [1.54, 1.807) is 12.8 Å². The molecule has 4 fully saturated rings. The molecule has 4 saturated carbocycles. The van der Waals surface area contributed by atoms with Gasteiger partial charge in [0.2, 0.25) is 0 Å². The monoisotopic (exact) mass is 376 g/mol. The van der Waals surface area contributed by atoms with E-state index < -0.39 is 0 Å². The van der Waals surface area contributed by atoms with Gasteiger partial charge in [0.05, 0.1) is 0 Å². The first-order valence-corrected chi connectivity index (χ1v) is 12.5. The molecule has 7 atom stereocenters.